The number of nitrogens with zero attached hydrogens (tertiary/aromatic N) is 2. The molecule has 2 aliphatic heterocycles. The number of rotatable bonds is 3. The van der Waals surface area contributed by atoms with Crippen molar-refractivity contribution in [2.75, 3.05) is 45.9 Å². The average Bonchev–Trinajstić information content (AvgIpc) is 2.62. The van der Waals surface area contributed by atoms with Crippen LogP contribution in [0.15, 0.2) is 29.2 Å². The average molecular weight is 374 g/mol. The van der Waals surface area contributed by atoms with Gasteiger partial charge in [0.1, 0.15) is 6.04 Å². The highest BCUT2D eigenvalue weighted by atomic mass is 35.5. The van der Waals surface area contributed by atoms with E-state index in [9.17, 15) is 13.2 Å². The Hall–Kier alpha value is -1.19. The minimum Gasteiger partial charge on any atom is -0.378 e. The SMILES string of the molecule is O=C(C1COCCN1)N1CCN(S(=O)(=O)c2cccc(Cl)c2)CC1. The number of piperazine rings is 1. The van der Waals surface area contributed by atoms with Crippen LogP contribution in [0.3, 0.4) is 0 Å². The van der Waals surface area contributed by atoms with Crippen molar-refractivity contribution in [1.29, 1.82) is 0 Å². The summed E-state index contributed by atoms with van der Waals surface area (Å²) in [6, 6.07) is 5.88. The second kappa shape index (κ2) is 7.37. The van der Waals surface area contributed by atoms with Crippen molar-refractivity contribution < 1.29 is 17.9 Å². The highest BCUT2D eigenvalue weighted by Gasteiger charge is 2.33. The summed E-state index contributed by atoms with van der Waals surface area (Å²) < 4.78 is 32.0. The van der Waals surface area contributed by atoms with Crippen LogP contribution in [0.1, 0.15) is 0 Å². The van der Waals surface area contributed by atoms with Gasteiger partial charge < -0.3 is 15.0 Å². The second-order valence-corrected chi connectivity index (χ2v) is 8.14. The molecule has 7 nitrogen and oxygen atoms in total. The van der Waals surface area contributed by atoms with Gasteiger partial charge in [0, 0.05) is 37.7 Å². The number of sulfonamides is 1. The van der Waals surface area contributed by atoms with Gasteiger partial charge in [-0.25, -0.2) is 8.42 Å². The van der Waals surface area contributed by atoms with Crippen molar-refractivity contribution in [3.63, 3.8) is 0 Å². The summed E-state index contributed by atoms with van der Waals surface area (Å²) in [5, 5.41) is 3.51. The van der Waals surface area contributed by atoms with Crippen LogP contribution in [0, 0.1) is 0 Å². The van der Waals surface area contributed by atoms with Crippen molar-refractivity contribution in [3.05, 3.63) is 29.3 Å². The van der Waals surface area contributed by atoms with Crippen molar-refractivity contribution in [3.8, 4) is 0 Å². The van der Waals surface area contributed by atoms with Gasteiger partial charge in [-0.2, -0.15) is 4.31 Å². The highest BCUT2D eigenvalue weighted by Crippen LogP contribution is 2.21. The molecule has 1 aromatic rings. The topological polar surface area (TPSA) is 79.0 Å². The van der Waals surface area contributed by atoms with Gasteiger partial charge in [-0.3, -0.25) is 4.79 Å². The molecule has 1 atom stereocenters. The van der Waals surface area contributed by atoms with Crippen LogP contribution in [0.5, 0.6) is 0 Å². The fraction of sp³-hybridized carbons (Fsp3) is 0.533. The number of carbonyl (C=O) groups is 1. The molecule has 1 aromatic carbocycles. The maximum absolute atomic E-state index is 12.6. The monoisotopic (exact) mass is 373 g/mol. The number of hydrogen-bond donors (Lipinski definition) is 1. The van der Waals surface area contributed by atoms with E-state index in [2.05, 4.69) is 5.32 Å². The molecule has 2 aliphatic rings. The molecule has 0 spiro atoms. The number of hydrogen-bond acceptors (Lipinski definition) is 5. The quantitative estimate of drug-likeness (QED) is 0.816. The molecule has 0 radical (unpaired) electrons. The van der Waals surface area contributed by atoms with Gasteiger partial charge in [-0.05, 0) is 18.2 Å². The molecular formula is C15H20ClN3O4S. The number of halogens is 1. The molecule has 0 bridgehead atoms. The normalized spacial score (nSPS) is 23.2. The molecule has 1 unspecified atom stereocenters. The van der Waals surface area contributed by atoms with Gasteiger partial charge in [-0.1, -0.05) is 17.7 Å². The Bertz CT molecular complexity index is 698. The molecule has 0 aromatic heterocycles. The number of ether oxygens (including phenoxy) is 1. The molecule has 0 aliphatic carbocycles. The van der Waals surface area contributed by atoms with E-state index >= 15 is 0 Å². The molecule has 132 valence electrons. The minimum atomic E-state index is -3.59. The second-order valence-electron chi connectivity index (χ2n) is 5.77. The van der Waals surface area contributed by atoms with Gasteiger partial charge in [0.25, 0.3) is 0 Å². The number of morpholine rings is 1. The Kier molecular flexibility index (Phi) is 5.41. The van der Waals surface area contributed by atoms with E-state index in [1.807, 2.05) is 0 Å². The van der Waals surface area contributed by atoms with Crippen LogP contribution in [0.2, 0.25) is 5.02 Å². The van der Waals surface area contributed by atoms with Crippen molar-refractivity contribution >= 4 is 27.5 Å². The third-order valence-corrected chi connectivity index (χ3v) is 6.33. The van der Waals surface area contributed by atoms with Crippen LogP contribution >= 0.6 is 11.6 Å². The predicted octanol–water partition coefficient (Wildman–Crippen LogP) is 0.161. The zero-order valence-electron chi connectivity index (χ0n) is 13.2. The lowest BCUT2D eigenvalue weighted by Gasteiger charge is -2.36. The van der Waals surface area contributed by atoms with Gasteiger partial charge >= 0.3 is 0 Å². The lowest BCUT2D eigenvalue weighted by atomic mass is 10.2. The molecule has 1 amide bonds. The smallest absolute Gasteiger partial charge is 0.243 e. The largest absolute Gasteiger partial charge is 0.378 e. The van der Waals surface area contributed by atoms with Crippen molar-refractivity contribution in [1.82, 2.24) is 14.5 Å². The van der Waals surface area contributed by atoms with E-state index in [0.717, 1.165) is 0 Å². The summed E-state index contributed by atoms with van der Waals surface area (Å²) in [5.41, 5.74) is 0. The fourth-order valence-electron chi connectivity index (χ4n) is 2.87. The number of amides is 1. The van der Waals surface area contributed by atoms with E-state index in [0.29, 0.717) is 37.9 Å². The maximum atomic E-state index is 12.6. The molecule has 24 heavy (non-hydrogen) atoms. The third kappa shape index (κ3) is 3.73. The summed E-state index contributed by atoms with van der Waals surface area (Å²) in [4.78, 5) is 14.3. The molecule has 2 saturated heterocycles. The van der Waals surface area contributed by atoms with Crippen LogP contribution in [0.25, 0.3) is 0 Å². The molecule has 0 saturated carbocycles. The minimum absolute atomic E-state index is 0.0329. The Balaban J connectivity index is 1.63. The summed E-state index contributed by atoms with van der Waals surface area (Å²) in [6.45, 7) is 2.91. The predicted molar refractivity (Wildman–Crippen MR) is 89.4 cm³/mol. The Morgan fingerprint density at radius 1 is 1.25 bits per heavy atom. The third-order valence-electron chi connectivity index (χ3n) is 4.20. The molecule has 1 N–H and O–H groups in total. The van der Waals surface area contributed by atoms with Gasteiger partial charge in [-0.15, -0.1) is 0 Å². The number of nitrogens with one attached hydrogen (secondary N) is 1. The van der Waals surface area contributed by atoms with Crippen LogP contribution < -0.4 is 5.32 Å². The van der Waals surface area contributed by atoms with E-state index in [-0.39, 0.29) is 29.9 Å². The molecular weight excluding hydrogens is 354 g/mol. The highest BCUT2D eigenvalue weighted by molar-refractivity contribution is 7.89. The first-order valence-corrected chi connectivity index (χ1v) is 9.66. The first-order chi connectivity index (χ1) is 11.5. The van der Waals surface area contributed by atoms with Crippen LogP contribution in [0.4, 0.5) is 0 Å². The maximum Gasteiger partial charge on any atom is 0.243 e. The Morgan fingerprint density at radius 2 is 2.00 bits per heavy atom. The van der Waals surface area contributed by atoms with Crippen molar-refractivity contribution in [2.45, 2.75) is 10.9 Å². The van der Waals surface area contributed by atoms with Crippen LogP contribution in [-0.4, -0.2) is 75.5 Å². The number of carbonyl (C=O) groups excluding carboxylic acids is 1. The van der Waals surface area contributed by atoms with Crippen LogP contribution in [-0.2, 0) is 19.6 Å². The summed E-state index contributed by atoms with van der Waals surface area (Å²) in [7, 11) is -3.59. The summed E-state index contributed by atoms with van der Waals surface area (Å²) >= 11 is 5.89. The van der Waals surface area contributed by atoms with Gasteiger partial charge in [0.2, 0.25) is 15.9 Å². The fourth-order valence-corrected chi connectivity index (χ4v) is 4.59. The van der Waals surface area contributed by atoms with E-state index in [4.69, 9.17) is 16.3 Å². The molecule has 2 heterocycles. The first kappa shape index (κ1) is 17.6. The van der Waals surface area contributed by atoms with Crippen molar-refractivity contribution in [2.24, 2.45) is 0 Å². The molecule has 2 fully saturated rings. The zero-order valence-corrected chi connectivity index (χ0v) is 14.7. The standard InChI is InChI=1S/C15H20ClN3O4S/c16-12-2-1-3-13(10-12)24(21,22)19-7-5-18(6-8-19)15(20)14-11-23-9-4-17-14/h1-3,10,14,17H,4-9,11H2. The Labute approximate surface area is 146 Å². The van der Waals surface area contributed by atoms with E-state index in [1.165, 1.54) is 16.4 Å². The molecule has 9 heteroatoms. The summed E-state index contributed by atoms with van der Waals surface area (Å²) in [5.74, 6) is -0.0329. The lowest BCUT2D eigenvalue weighted by molar-refractivity contribution is -0.137. The van der Waals surface area contributed by atoms with E-state index in [1.54, 1.807) is 17.0 Å². The number of benzene rings is 1. The first-order valence-electron chi connectivity index (χ1n) is 7.84. The van der Waals surface area contributed by atoms with Gasteiger partial charge in [0.15, 0.2) is 0 Å². The summed E-state index contributed by atoms with van der Waals surface area (Å²) in [6.07, 6.45) is 0. The Morgan fingerprint density at radius 3 is 2.62 bits per heavy atom. The molecule has 3 rings (SSSR count). The van der Waals surface area contributed by atoms with E-state index < -0.39 is 10.0 Å². The van der Waals surface area contributed by atoms with Gasteiger partial charge in [0.05, 0.1) is 18.1 Å². The lowest BCUT2D eigenvalue weighted by Crippen LogP contribution is -2.57. The zero-order chi connectivity index (χ0) is 17.2.